The second kappa shape index (κ2) is 7.92. The quantitative estimate of drug-likeness (QED) is 0.800. The first-order valence-corrected chi connectivity index (χ1v) is 8.16. The summed E-state index contributed by atoms with van der Waals surface area (Å²) < 4.78 is 6.12. The minimum Gasteiger partial charge on any atom is -0.467 e. The molecule has 1 aromatic carbocycles. The number of hydrogen-bond donors (Lipinski definition) is 1. The average molecular weight is 345 g/mol. The van der Waals surface area contributed by atoms with Crippen LogP contribution in [0.4, 0.5) is 0 Å². The number of carbonyl (C=O) groups is 2. The van der Waals surface area contributed by atoms with Crippen LogP contribution in [0.15, 0.2) is 29.1 Å². The molecule has 1 amide bonds. The van der Waals surface area contributed by atoms with E-state index in [1.54, 1.807) is 25.1 Å². The molecule has 2 rings (SSSR count). The van der Waals surface area contributed by atoms with Crippen molar-refractivity contribution in [2.45, 2.75) is 39.8 Å². The molecule has 7 nitrogen and oxygen atoms in total. The third-order valence-electron chi connectivity index (χ3n) is 3.85. The van der Waals surface area contributed by atoms with E-state index in [0.29, 0.717) is 23.1 Å². The highest BCUT2D eigenvalue weighted by Crippen LogP contribution is 2.10. The Morgan fingerprint density at radius 3 is 2.60 bits per heavy atom. The number of carbonyl (C=O) groups excluding carboxylic acids is 2. The fraction of sp³-hybridized carbons (Fsp3) is 0.444. The van der Waals surface area contributed by atoms with Crippen molar-refractivity contribution in [3.05, 3.63) is 40.3 Å². The average Bonchev–Trinajstić information content (AvgIpc) is 2.57. The van der Waals surface area contributed by atoms with Crippen LogP contribution in [-0.2, 0) is 20.9 Å². The van der Waals surface area contributed by atoms with Crippen molar-refractivity contribution in [3.8, 4) is 0 Å². The molecule has 25 heavy (non-hydrogen) atoms. The highest BCUT2D eigenvalue weighted by molar-refractivity contribution is 5.85. The predicted octanol–water partition coefficient (Wildman–Crippen LogP) is 1.41. The number of rotatable bonds is 6. The lowest BCUT2D eigenvalue weighted by molar-refractivity contribution is -0.145. The fourth-order valence-corrected chi connectivity index (χ4v) is 2.69. The van der Waals surface area contributed by atoms with Gasteiger partial charge >= 0.3 is 5.97 Å². The number of ether oxygens (including phenoxy) is 1. The van der Waals surface area contributed by atoms with Gasteiger partial charge in [0.05, 0.1) is 18.1 Å². The third-order valence-corrected chi connectivity index (χ3v) is 3.85. The second-order valence-corrected chi connectivity index (χ2v) is 6.35. The molecule has 1 N–H and O–H groups in total. The van der Waals surface area contributed by atoms with Crippen molar-refractivity contribution in [1.29, 1.82) is 0 Å². The zero-order valence-corrected chi connectivity index (χ0v) is 14.9. The highest BCUT2D eigenvalue weighted by atomic mass is 16.5. The Morgan fingerprint density at radius 1 is 1.28 bits per heavy atom. The Kier molecular flexibility index (Phi) is 5.90. The molecule has 0 fully saturated rings. The monoisotopic (exact) mass is 345 g/mol. The Balaban J connectivity index is 2.28. The maximum Gasteiger partial charge on any atom is 0.328 e. The van der Waals surface area contributed by atoms with Gasteiger partial charge in [0.2, 0.25) is 5.91 Å². The Labute approximate surface area is 146 Å². The molecule has 7 heteroatoms. The predicted molar refractivity (Wildman–Crippen MR) is 94.1 cm³/mol. The Morgan fingerprint density at radius 2 is 1.96 bits per heavy atom. The van der Waals surface area contributed by atoms with E-state index in [1.165, 1.54) is 11.7 Å². The molecule has 1 heterocycles. The summed E-state index contributed by atoms with van der Waals surface area (Å²) >= 11 is 0. The third kappa shape index (κ3) is 4.43. The largest absolute Gasteiger partial charge is 0.467 e. The number of aryl methyl sites for hydroxylation is 1. The van der Waals surface area contributed by atoms with E-state index in [2.05, 4.69) is 10.3 Å². The van der Waals surface area contributed by atoms with E-state index in [9.17, 15) is 14.4 Å². The molecule has 134 valence electrons. The van der Waals surface area contributed by atoms with E-state index in [1.807, 2.05) is 19.9 Å². The minimum atomic E-state index is -0.734. The van der Waals surface area contributed by atoms with Crippen LogP contribution < -0.4 is 10.9 Å². The molecule has 0 radical (unpaired) electrons. The van der Waals surface area contributed by atoms with Crippen molar-refractivity contribution in [3.63, 3.8) is 0 Å². The highest BCUT2D eigenvalue weighted by Gasteiger charge is 2.23. The number of amides is 1. The van der Waals surface area contributed by atoms with Crippen molar-refractivity contribution in [2.75, 3.05) is 7.11 Å². The summed E-state index contributed by atoms with van der Waals surface area (Å²) in [7, 11) is 1.28. The van der Waals surface area contributed by atoms with Crippen LogP contribution in [0.1, 0.15) is 26.0 Å². The minimum absolute atomic E-state index is 0.186. The molecule has 0 aliphatic carbocycles. The number of methoxy groups -OCH3 is 1. The summed E-state index contributed by atoms with van der Waals surface area (Å²) in [6.45, 7) is 5.33. The van der Waals surface area contributed by atoms with Crippen LogP contribution in [0.3, 0.4) is 0 Å². The number of fused-ring (bicyclic) bond motifs is 1. The van der Waals surface area contributed by atoms with Crippen LogP contribution in [0.2, 0.25) is 0 Å². The molecule has 0 aliphatic rings. The molecule has 0 aliphatic heterocycles. The van der Waals surface area contributed by atoms with Gasteiger partial charge in [-0.2, -0.15) is 0 Å². The van der Waals surface area contributed by atoms with Gasteiger partial charge in [-0.05, 0) is 31.4 Å². The lowest BCUT2D eigenvalue weighted by atomic mass is 10.0. The maximum absolute atomic E-state index is 12.4. The number of benzene rings is 1. The Bertz CT molecular complexity index is 842. The molecule has 2 aromatic rings. The van der Waals surface area contributed by atoms with Crippen LogP contribution >= 0.6 is 0 Å². The summed E-state index contributed by atoms with van der Waals surface area (Å²) in [5.74, 6) is -0.713. The maximum atomic E-state index is 12.4. The zero-order valence-electron chi connectivity index (χ0n) is 14.9. The van der Waals surface area contributed by atoms with Gasteiger partial charge in [0.25, 0.3) is 5.56 Å². The van der Waals surface area contributed by atoms with Gasteiger partial charge in [-0.15, -0.1) is 0 Å². The van der Waals surface area contributed by atoms with E-state index in [0.717, 1.165) is 0 Å². The summed E-state index contributed by atoms with van der Waals surface area (Å²) in [5, 5.41) is 2.67. The number of nitrogens with one attached hydrogen (secondary N) is 1. The van der Waals surface area contributed by atoms with Crippen LogP contribution in [0, 0.1) is 12.8 Å². The summed E-state index contributed by atoms with van der Waals surface area (Å²) in [6.07, 6.45) is 0.462. The van der Waals surface area contributed by atoms with Crippen molar-refractivity contribution < 1.29 is 14.3 Å². The van der Waals surface area contributed by atoms with Crippen LogP contribution in [0.25, 0.3) is 11.0 Å². The van der Waals surface area contributed by atoms with Gasteiger partial charge in [0.15, 0.2) is 0 Å². The molecule has 0 saturated heterocycles. The molecule has 0 saturated carbocycles. The summed E-state index contributed by atoms with van der Waals surface area (Å²) in [6, 6.07) is 6.39. The normalized spacial score (nSPS) is 12.2. The van der Waals surface area contributed by atoms with Gasteiger partial charge in [0.1, 0.15) is 18.3 Å². The number of para-hydroxylation sites is 2. The van der Waals surface area contributed by atoms with Crippen molar-refractivity contribution >= 4 is 22.9 Å². The van der Waals surface area contributed by atoms with Crippen molar-refractivity contribution in [2.24, 2.45) is 5.92 Å². The Hall–Kier alpha value is -2.70. The van der Waals surface area contributed by atoms with Crippen LogP contribution in [-0.4, -0.2) is 34.6 Å². The van der Waals surface area contributed by atoms with E-state index in [-0.39, 0.29) is 18.0 Å². The number of esters is 1. The number of hydrogen-bond acceptors (Lipinski definition) is 5. The van der Waals surface area contributed by atoms with Gasteiger partial charge in [-0.25, -0.2) is 9.78 Å². The molecule has 0 unspecified atom stereocenters. The zero-order chi connectivity index (χ0) is 18.6. The first-order chi connectivity index (χ1) is 11.8. The number of aromatic nitrogens is 2. The summed E-state index contributed by atoms with van der Waals surface area (Å²) in [5.41, 5.74) is 1.20. The SMILES string of the molecule is COC(=O)[C@H](CC(C)C)NC(=O)Cn1c(=O)c(C)nc2ccccc21. The smallest absolute Gasteiger partial charge is 0.328 e. The van der Waals surface area contributed by atoms with E-state index < -0.39 is 17.9 Å². The van der Waals surface area contributed by atoms with E-state index in [4.69, 9.17) is 4.74 Å². The number of nitrogens with zero attached hydrogens (tertiary/aromatic N) is 2. The lowest BCUT2D eigenvalue weighted by Crippen LogP contribution is -2.44. The first kappa shape index (κ1) is 18.6. The van der Waals surface area contributed by atoms with Crippen LogP contribution in [0.5, 0.6) is 0 Å². The van der Waals surface area contributed by atoms with Gasteiger partial charge in [-0.1, -0.05) is 26.0 Å². The van der Waals surface area contributed by atoms with Gasteiger partial charge < -0.3 is 10.1 Å². The molecule has 0 spiro atoms. The summed E-state index contributed by atoms with van der Waals surface area (Å²) in [4.78, 5) is 40.9. The molecular weight excluding hydrogens is 322 g/mol. The molecular formula is C18H23N3O4. The van der Waals surface area contributed by atoms with Gasteiger partial charge in [-0.3, -0.25) is 14.2 Å². The molecule has 0 bridgehead atoms. The molecule has 1 atom stereocenters. The lowest BCUT2D eigenvalue weighted by Gasteiger charge is -2.19. The molecule has 1 aromatic heterocycles. The first-order valence-electron chi connectivity index (χ1n) is 8.16. The van der Waals surface area contributed by atoms with E-state index >= 15 is 0 Å². The topological polar surface area (TPSA) is 90.3 Å². The van der Waals surface area contributed by atoms with Crippen molar-refractivity contribution in [1.82, 2.24) is 14.9 Å². The van der Waals surface area contributed by atoms with Gasteiger partial charge in [0, 0.05) is 0 Å². The second-order valence-electron chi connectivity index (χ2n) is 6.35. The standard InChI is InChI=1S/C18H23N3O4/c1-11(2)9-14(18(24)25-4)20-16(22)10-21-15-8-6-5-7-13(15)19-12(3)17(21)23/h5-8,11,14H,9-10H2,1-4H3,(H,20,22)/t14-/m0/s1. The fourth-order valence-electron chi connectivity index (χ4n) is 2.69.